The number of hydrogen-bond acceptors (Lipinski definition) is 3. The van der Waals surface area contributed by atoms with Gasteiger partial charge >= 0.3 is 0 Å². The molecular formula is C17H27NO2S. The highest BCUT2D eigenvalue weighted by Crippen LogP contribution is 2.32. The Morgan fingerprint density at radius 1 is 1.38 bits per heavy atom. The van der Waals surface area contributed by atoms with E-state index in [1.165, 1.54) is 11.1 Å². The van der Waals surface area contributed by atoms with Crippen LogP contribution in [0.25, 0.3) is 0 Å². The Bertz CT molecular complexity index is 464. The molecule has 0 spiro atoms. The summed E-state index contributed by atoms with van der Waals surface area (Å²) in [5.41, 5.74) is 2.77. The molecule has 3 atom stereocenters. The number of aryl methyl sites for hydroxylation is 1. The van der Waals surface area contributed by atoms with E-state index < -0.39 is 10.8 Å². The summed E-state index contributed by atoms with van der Waals surface area (Å²) in [4.78, 5) is 0. The van der Waals surface area contributed by atoms with Gasteiger partial charge in [0.2, 0.25) is 0 Å². The second kappa shape index (κ2) is 8.66. The van der Waals surface area contributed by atoms with E-state index in [1.54, 1.807) is 7.11 Å². The molecule has 0 saturated carbocycles. The average molecular weight is 309 g/mol. The summed E-state index contributed by atoms with van der Waals surface area (Å²) in [6, 6.07) is 8.84. The van der Waals surface area contributed by atoms with Crippen molar-refractivity contribution >= 4 is 10.8 Å². The van der Waals surface area contributed by atoms with E-state index in [2.05, 4.69) is 36.5 Å². The van der Waals surface area contributed by atoms with Gasteiger partial charge in [-0.2, -0.15) is 0 Å². The summed E-state index contributed by atoms with van der Waals surface area (Å²) in [5.74, 6) is 0.739. The Hall–Kier alpha value is -0.710. The van der Waals surface area contributed by atoms with Crippen LogP contribution in [0.2, 0.25) is 0 Å². The largest absolute Gasteiger partial charge is 0.385 e. The van der Waals surface area contributed by atoms with E-state index in [4.69, 9.17) is 4.74 Å². The smallest absolute Gasteiger partial charge is 0.0543 e. The van der Waals surface area contributed by atoms with Gasteiger partial charge in [0.15, 0.2) is 0 Å². The van der Waals surface area contributed by atoms with Crippen LogP contribution in [0, 0.1) is 0 Å². The highest BCUT2D eigenvalue weighted by Gasteiger charge is 2.30. The van der Waals surface area contributed by atoms with Crippen molar-refractivity contribution in [2.75, 3.05) is 26.0 Å². The molecule has 4 heteroatoms. The van der Waals surface area contributed by atoms with Gasteiger partial charge in [0.05, 0.1) is 5.25 Å². The maximum atomic E-state index is 12.7. The second-order valence-corrected chi connectivity index (χ2v) is 7.37. The average Bonchev–Trinajstić information content (AvgIpc) is 2.68. The van der Waals surface area contributed by atoms with Crippen molar-refractivity contribution < 1.29 is 8.95 Å². The number of ether oxygens (including phenoxy) is 1. The summed E-state index contributed by atoms with van der Waals surface area (Å²) in [5, 5.41) is 3.79. The lowest BCUT2D eigenvalue weighted by molar-refractivity contribution is 0.200. The van der Waals surface area contributed by atoms with E-state index in [-0.39, 0.29) is 11.3 Å². The van der Waals surface area contributed by atoms with Crippen molar-refractivity contribution in [1.82, 2.24) is 5.32 Å². The Morgan fingerprint density at radius 3 is 2.95 bits per heavy atom. The molecule has 1 aliphatic rings. The predicted octanol–water partition coefficient (Wildman–Crippen LogP) is 2.83. The minimum absolute atomic E-state index is 0.213. The first kappa shape index (κ1) is 16.7. The molecule has 1 N–H and O–H groups in total. The van der Waals surface area contributed by atoms with Gasteiger partial charge in [-0.25, -0.2) is 0 Å². The fourth-order valence-corrected chi connectivity index (χ4v) is 4.85. The van der Waals surface area contributed by atoms with Gasteiger partial charge < -0.3 is 10.1 Å². The van der Waals surface area contributed by atoms with Gasteiger partial charge in [-0.1, -0.05) is 31.2 Å². The number of rotatable bonds is 7. The Kier molecular flexibility index (Phi) is 6.87. The van der Waals surface area contributed by atoms with Crippen LogP contribution in [-0.4, -0.2) is 35.5 Å². The van der Waals surface area contributed by atoms with Crippen LogP contribution in [0.15, 0.2) is 24.3 Å². The molecule has 21 heavy (non-hydrogen) atoms. The Morgan fingerprint density at radius 2 is 2.19 bits per heavy atom. The predicted molar refractivity (Wildman–Crippen MR) is 89.1 cm³/mol. The minimum atomic E-state index is -0.800. The molecule has 0 bridgehead atoms. The molecule has 3 nitrogen and oxygen atoms in total. The third-order valence-electron chi connectivity index (χ3n) is 4.15. The monoisotopic (exact) mass is 309 g/mol. The molecule has 0 radical (unpaired) electrons. The SMILES string of the molecule is CCNC1c2ccccc2CCCC1S(=O)CCCOC. The molecule has 0 saturated heterocycles. The van der Waals surface area contributed by atoms with Crippen LogP contribution in [-0.2, 0) is 22.0 Å². The van der Waals surface area contributed by atoms with E-state index in [9.17, 15) is 4.21 Å². The first-order valence-corrected chi connectivity index (χ1v) is 9.33. The zero-order valence-corrected chi connectivity index (χ0v) is 14.0. The van der Waals surface area contributed by atoms with Crippen molar-refractivity contribution in [3.05, 3.63) is 35.4 Å². The number of methoxy groups -OCH3 is 1. The molecule has 0 amide bonds. The van der Waals surface area contributed by atoms with Crippen LogP contribution in [0.5, 0.6) is 0 Å². The summed E-state index contributed by atoms with van der Waals surface area (Å²) in [6.07, 6.45) is 4.13. The summed E-state index contributed by atoms with van der Waals surface area (Å²) >= 11 is 0. The van der Waals surface area contributed by atoms with Gasteiger partial charge in [-0.05, 0) is 43.4 Å². The van der Waals surface area contributed by atoms with Crippen molar-refractivity contribution in [2.24, 2.45) is 0 Å². The first-order valence-electron chi connectivity index (χ1n) is 7.95. The van der Waals surface area contributed by atoms with Crippen LogP contribution < -0.4 is 5.32 Å². The summed E-state index contributed by atoms with van der Waals surface area (Å²) < 4.78 is 17.8. The number of benzene rings is 1. The van der Waals surface area contributed by atoms with Gasteiger partial charge in [-0.15, -0.1) is 0 Å². The molecule has 0 fully saturated rings. The van der Waals surface area contributed by atoms with E-state index in [1.807, 2.05) is 0 Å². The molecule has 0 heterocycles. The Balaban J connectivity index is 2.17. The van der Waals surface area contributed by atoms with Crippen molar-refractivity contribution in [2.45, 2.75) is 43.9 Å². The maximum absolute atomic E-state index is 12.7. The molecular weight excluding hydrogens is 282 g/mol. The van der Waals surface area contributed by atoms with Gasteiger partial charge in [0.1, 0.15) is 0 Å². The molecule has 1 aliphatic carbocycles. The van der Waals surface area contributed by atoms with Gasteiger partial charge in [-0.3, -0.25) is 4.21 Å². The lowest BCUT2D eigenvalue weighted by Crippen LogP contribution is -2.35. The number of hydrogen-bond donors (Lipinski definition) is 1. The third-order valence-corrected chi connectivity index (χ3v) is 6.03. The van der Waals surface area contributed by atoms with Crippen molar-refractivity contribution in [3.63, 3.8) is 0 Å². The fourth-order valence-electron chi connectivity index (χ4n) is 3.17. The quantitative estimate of drug-likeness (QED) is 0.622. The highest BCUT2D eigenvalue weighted by molar-refractivity contribution is 7.85. The second-order valence-electron chi connectivity index (χ2n) is 5.60. The standard InChI is InChI=1S/C17H27NO2S/c1-3-18-17-15-10-5-4-8-14(15)9-6-11-16(17)21(19)13-7-12-20-2/h4-5,8,10,16-18H,3,6-7,9,11-13H2,1-2H3. The van der Waals surface area contributed by atoms with Crippen LogP contribution in [0.1, 0.15) is 43.4 Å². The van der Waals surface area contributed by atoms with Gasteiger partial charge in [0.25, 0.3) is 0 Å². The van der Waals surface area contributed by atoms with Crippen molar-refractivity contribution in [1.29, 1.82) is 0 Å². The number of nitrogens with one attached hydrogen (secondary N) is 1. The van der Waals surface area contributed by atoms with Crippen molar-refractivity contribution in [3.8, 4) is 0 Å². The number of fused-ring (bicyclic) bond motifs is 1. The fraction of sp³-hybridized carbons (Fsp3) is 0.647. The molecule has 1 aromatic rings. The van der Waals surface area contributed by atoms with E-state index in [0.29, 0.717) is 6.61 Å². The van der Waals surface area contributed by atoms with E-state index in [0.717, 1.165) is 38.0 Å². The minimum Gasteiger partial charge on any atom is -0.385 e. The molecule has 0 aliphatic heterocycles. The molecule has 2 rings (SSSR count). The summed E-state index contributed by atoms with van der Waals surface area (Å²) in [6.45, 7) is 3.73. The molecule has 0 aromatic heterocycles. The summed E-state index contributed by atoms with van der Waals surface area (Å²) in [7, 11) is 0.900. The molecule has 118 valence electrons. The van der Waals surface area contributed by atoms with Crippen LogP contribution in [0.3, 0.4) is 0 Å². The normalized spacial score (nSPS) is 23.3. The Labute approximate surface area is 130 Å². The molecule has 3 unspecified atom stereocenters. The maximum Gasteiger partial charge on any atom is 0.0543 e. The van der Waals surface area contributed by atoms with Gasteiger partial charge in [0, 0.05) is 36.3 Å². The lowest BCUT2D eigenvalue weighted by atomic mass is 9.99. The zero-order chi connectivity index (χ0) is 15.1. The van der Waals surface area contributed by atoms with Crippen LogP contribution >= 0.6 is 0 Å². The van der Waals surface area contributed by atoms with E-state index >= 15 is 0 Å². The van der Waals surface area contributed by atoms with Crippen LogP contribution in [0.4, 0.5) is 0 Å². The topological polar surface area (TPSA) is 38.3 Å². The first-order chi connectivity index (χ1) is 10.3. The third kappa shape index (κ3) is 4.38. The lowest BCUT2D eigenvalue weighted by Gasteiger charge is -2.27. The molecule has 1 aromatic carbocycles. The highest BCUT2D eigenvalue weighted by atomic mass is 32.2. The zero-order valence-electron chi connectivity index (χ0n) is 13.1.